The van der Waals surface area contributed by atoms with Gasteiger partial charge in [-0.2, -0.15) is 0 Å². The Kier molecular flexibility index (Phi) is 6.34. The van der Waals surface area contributed by atoms with Crippen LogP contribution in [-0.4, -0.2) is 71.1 Å². The first kappa shape index (κ1) is 19.5. The zero-order valence-electron chi connectivity index (χ0n) is 16.8. The van der Waals surface area contributed by atoms with Crippen LogP contribution in [0.5, 0.6) is 0 Å². The summed E-state index contributed by atoms with van der Waals surface area (Å²) in [5.74, 6) is 0.217. The highest BCUT2D eigenvalue weighted by atomic mass is 16.5. The minimum absolute atomic E-state index is 0.0766. The molecule has 3 heterocycles. The zero-order valence-corrected chi connectivity index (χ0v) is 16.8. The number of benzene rings is 1. The van der Waals surface area contributed by atoms with Gasteiger partial charge in [0.05, 0.1) is 37.8 Å². The molecule has 4 rings (SSSR count). The molecular weight excluding hydrogens is 356 g/mol. The fourth-order valence-corrected chi connectivity index (χ4v) is 4.31. The number of nitrogens with one attached hydrogen (secondary N) is 2. The lowest BCUT2D eigenvalue weighted by atomic mass is 9.92. The van der Waals surface area contributed by atoms with E-state index in [0.29, 0.717) is 6.04 Å². The molecule has 3 aliphatic heterocycles. The molecule has 2 N–H and O–H groups in total. The number of piperidine rings is 1. The van der Waals surface area contributed by atoms with Crippen molar-refractivity contribution >= 4 is 23.0 Å². The second-order valence-corrected chi connectivity index (χ2v) is 7.97. The van der Waals surface area contributed by atoms with Crippen LogP contribution in [-0.2, 0) is 14.3 Å². The summed E-state index contributed by atoms with van der Waals surface area (Å²) < 4.78 is 11.0. The molecule has 1 aromatic rings. The van der Waals surface area contributed by atoms with E-state index >= 15 is 0 Å². The van der Waals surface area contributed by atoms with Crippen molar-refractivity contribution in [2.75, 3.05) is 74.3 Å². The largest absolute Gasteiger partial charge is 0.378 e. The number of carbonyl (C=O) groups excluding carboxylic acids is 1. The minimum atomic E-state index is 0.0766. The monoisotopic (exact) mass is 388 g/mol. The number of hydrogen-bond donors (Lipinski definition) is 2. The molecule has 1 aromatic carbocycles. The Hall–Kier alpha value is -1.83. The lowest BCUT2D eigenvalue weighted by molar-refractivity contribution is -0.120. The summed E-state index contributed by atoms with van der Waals surface area (Å²) in [6.07, 6.45) is 1.79. The predicted octanol–water partition coefficient (Wildman–Crippen LogP) is 1.69. The van der Waals surface area contributed by atoms with Gasteiger partial charge < -0.3 is 29.9 Å². The Balaban J connectivity index is 1.55. The van der Waals surface area contributed by atoms with E-state index in [4.69, 9.17) is 9.47 Å². The second kappa shape index (κ2) is 9.11. The molecule has 3 saturated heterocycles. The van der Waals surface area contributed by atoms with Crippen molar-refractivity contribution in [2.45, 2.75) is 25.8 Å². The lowest BCUT2D eigenvalue weighted by Gasteiger charge is -2.34. The first-order valence-corrected chi connectivity index (χ1v) is 10.5. The van der Waals surface area contributed by atoms with E-state index in [9.17, 15) is 4.79 Å². The molecule has 0 aromatic heterocycles. The standard InChI is InChI=1S/C21H32N4O3/c1-16-14-17(4-5-22-16)21(26)23-19-3-2-18(24-6-10-27-11-7-24)15-20(19)25-8-12-28-13-9-25/h2-3,15-17,22H,4-14H2,1H3,(H,23,26)/t16-,17-/m0/s1. The van der Waals surface area contributed by atoms with Gasteiger partial charge in [-0.15, -0.1) is 0 Å². The first-order valence-electron chi connectivity index (χ1n) is 10.5. The van der Waals surface area contributed by atoms with Crippen molar-refractivity contribution < 1.29 is 14.3 Å². The summed E-state index contributed by atoms with van der Waals surface area (Å²) in [7, 11) is 0. The van der Waals surface area contributed by atoms with Gasteiger partial charge in [-0.1, -0.05) is 0 Å². The Morgan fingerprint density at radius 3 is 2.43 bits per heavy atom. The highest BCUT2D eigenvalue weighted by molar-refractivity contribution is 5.96. The van der Waals surface area contributed by atoms with E-state index in [-0.39, 0.29) is 11.8 Å². The molecule has 2 atom stereocenters. The average molecular weight is 389 g/mol. The minimum Gasteiger partial charge on any atom is -0.378 e. The van der Waals surface area contributed by atoms with Crippen molar-refractivity contribution in [2.24, 2.45) is 5.92 Å². The molecule has 0 unspecified atom stereocenters. The third kappa shape index (κ3) is 4.59. The maximum atomic E-state index is 12.9. The highest BCUT2D eigenvalue weighted by Crippen LogP contribution is 2.33. The Morgan fingerprint density at radius 1 is 1.07 bits per heavy atom. The van der Waals surface area contributed by atoms with Gasteiger partial charge in [-0.05, 0) is 44.5 Å². The van der Waals surface area contributed by atoms with Crippen LogP contribution in [0.25, 0.3) is 0 Å². The summed E-state index contributed by atoms with van der Waals surface area (Å²) in [5, 5.41) is 6.66. The van der Waals surface area contributed by atoms with Gasteiger partial charge in [0.25, 0.3) is 0 Å². The Labute approximate surface area is 167 Å². The van der Waals surface area contributed by atoms with Crippen LogP contribution in [0.1, 0.15) is 19.8 Å². The van der Waals surface area contributed by atoms with Gasteiger partial charge in [0, 0.05) is 43.8 Å². The molecule has 0 aliphatic carbocycles. The average Bonchev–Trinajstić information content (AvgIpc) is 2.75. The molecule has 0 bridgehead atoms. The Bertz CT molecular complexity index is 672. The fraction of sp³-hybridized carbons (Fsp3) is 0.667. The second-order valence-electron chi connectivity index (χ2n) is 7.97. The van der Waals surface area contributed by atoms with Gasteiger partial charge in [0.15, 0.2) is 0 Å². The molecule has 0 spiro atoms. The van der Waals surface area contributed by atoms with Gasteiger partial charge in [0.2, 0.25) is 5.91 Å². The van der Waals surface area contributed by atoms with Crippen molar-refractivity contribution in [3.63, 3.8) is 0 Å². The zero-order chi connectivity index (χ0) is 19.3. The molecule has 28 heavy (non-hydrogen) atoms. The van der Waals surface area contributed by atoms with Gasteiger partial charge in [0.1, 0.15) is 0 Å². The normalized spacial score (nSPS) is 26.2. The summed E-state index contributed by atoms with van der Waals surface area (Å²) >= 11 is 0. The molecule has 154 valence electrons. The number of rotatable bonds is 4. The molecular formula is C21H32N4O3. The van der Waals surface area contributed by atoms with Crippen molar-refractivity contribution in [3.8, 4) is 0 Å². The molecule has 3 aliphatic rings. The summed E-state index contributed by atoms with van der Waals surface area (Å²) in [6.45, 7) is 9.53. The Morgan fingerprint density at radius 2 is 1.75 bits per heavy atom. The number of amides is 1. The number of anilines is 3. The third-order valence-electron chi connectivity index (χ3n) is 5.96. The quantitative estimate of drug-likeness (QED) is 0.818. The van der Waals surface area contributed by atoms with Crippen molar-refractivity contribution in [1.29, 1.82) is 0 Å². The van der Waals surface area contributed by atoms with Crippen LogP contribution in [0.4, 0.5) is 17.1 Å². The topological polar surface area (TPSA) is 66.1 Å². The van der Waals surface area contributed by atoms with E-state index in [1.165, 1.54) is 5.69 Å². The number of nitrogens with zero attached hydrogens (tertiary/aromatic N) is 2. The van der Waals surface area contributed by atoms with Crippen LogP contribution in [0, 0.1) is 5.92 Å². The van der Waals surface area contributed by atoms with Gasteiger partial charge in [-0.25, -0.2) is 0 Å². The number of ether oxygens (including phenoxy) is 2. The fourth-order valence-electron chi connectivity index (χ4n) is 4.31. The molecule has 3 fully saturated rings. The highest BCUT2D eigenvalue weighted by Gasteiger charge is 2.26. The van der Waals surface area contributed by atoms with Gasteiger partial charge in [-0.3, -0.25) is 4.79 Å². The number of hydrogen-bond acceptors (Lipinski definition) is 6. The van der Waals surface area contributed by atoms with Crippen LogP contribution < -0.4 is 20.4 Å². The van der Waals surface area contributed by atoms with Crippen molar-refractivity contribution in [1.82, 2.24) is 5.32 Å². The summed E-state index contributed by atoms with van der Waals surface area (Å²) in [5.41, 5.74) is 3.20. The number of morpholine rings is 2. The summed E-state index contributed by atoms with van der Waals surface area (Å²) in [6, 6.07) is 6.80. The first-order chi connectivity index (χ1) is 13.7. The molecule has 0 radical (unpaired) electrons. The lowest BCUT2D eigenvalue weighted by Crippen LogP contribution is -2.41. The SMILES string of the molecule is C[C@H]1C[C@@H](C(=O)Nc2ccc(N3CCOCC3)cc2N2CCOCC2)CCN1. The molecule has 0 saturated carbocycles. The van der Waals surface area contributed by atoms with E-state index < -0.39 is 0 Å². The van der Waals surface area contributed by atoms with Crippen LogP contribution >= 0.6 is 0 Å². The van der Waals surface area contributed by atoms with E-state index in [2.05, 4.69) is 45.6 Å². The van der Waals surface area contributed by atoms with E-state index in [1.807, 2.05) is 0 Å². The molecule has 7 nitrogen and oxygen atoms in total. The molecule has 1 amide bonds. The van der Waals surface area contributed by atoms with Crippen LogP contribution in [0.15, 0.2) is 18.2 Å². The predicted molar refractivity (Wildman–Crippen MR) is 111 cm³/mol. The smallest absolute Gasteiger partial charge is 0.227 e. The van der Waals surface area contributed by atoms with Crippen LogP contribution in [0.3, 0.4) is 0 Å². The summed E-state index contributed by atoms with van der Waals surface area (Å²) in [4.78, 5) is 17.6. The van der Waals surface area contributed by atoms with Crippen LogP contribution in [0.2, 0.25) is 0 Å². The van der Waals surface area contributed by atoms with Crippen molar-refractivity contribution in [3.05, 3.63) is 18.2 Å². The maximum absolute atomic E-state index is 12.9. The molecule has 7 heteroatoms. The van der Waals surface area contributed by atoms with E-state index in [1.54, 1.807) is 0 Å². The maximum Gasteiger partial charge on any atom is 0.227 e. The van der Waals surface area contributed by atoms with Gasteiger partial charge >= 0.3 is 0 Å². The number of carbonyl (C=O) groups is 1. The third-order valence-corrected chi connectivity index (χ3v) is 5.96. The van der Waals surface area contributed by atoms with E-state index in [0.717, 1.165) is 83.4 Å².